The fourth-order valence-electron chi connectivity index (χ4n) is 0.638. The molecule has 4 nitrogen and oxygen atoms in total. The molecule has 2 N–H and O–H groups in total. The van der Waals surface area contributed by atoms with E-state index in [1.807, 2.05) is 7.05 Å². The highest BCUT2D eigenvalue weighted by atomic mass is 31.2. The van der Waals surface area contributed by atoms with E-state index in [9.17, 15) is 4.57 Å². The van der Waals surface area contributed by atoms with Crippen molar-refractivity contribution >= 4 is 7.60 Å². The average molecular weight is 181 g/mol. The molecule has 1 unspecified atom stereocenters. The van der Waals surface area contributed by atoms with Gasteiger partial charge in [-0.25, -0.2) is 0 Å². The fourth-order valence-corrected chi connectivity index (χ4v) is 1.11. The SMILES string of the molecule is CNCCCCOP(C)(=O)O. The van der Waals surface area contributed by atoms with Crippen LogP contribution in [0.4, 0.5) is 0 Å². The van der Waals surface area contributed by atoms with Crippen molar-refractivity contribution in [3.63, 3.8) is 0 Å². The summed E-state index contributed by atoms with van der Waals surface area (Å²) in [6.45, 7) is 2.49. The molecule has 0 saturated carbocycles. The van der Waals surface area contributed by atoms with Crippen molar-refractivity contribution in [3.8, 4) is 0 Å². The number of rotatable bonds is 6. The van der Waals surface area contributed by atoms with Crippen molar-refractivity contribution in [1.82, 2.24) is 5.32 Å². The van der Waals surface area contributed by atoms with Gasteiger partial charge < -0.3 is 14.7 Å². The summed E-state index contributed by atoms with van der Waals surface area (Å²) in [5.41, 5.74) is 0. The molecule has 0 radical (unpaired) electrons. The van der Waals surface area contributed by atoms with Crippen LogP contribution < -0.4 is 5.32 Å². The molecule has 0 heterocycles. The minimum Gasteiger partial charge on any atom is -0.324 e. The van der Waals surface area contributed by atoms with Gasteiger partial charge in [-0.1, -0.05) is 0 Å². The highest BCUT2D eigenvalue weighted by Gasteiger charge is 2.07. The second kappa shape index (κ2) is 5.72. The zero-order valence-electron chi connectivity index (χ0n) is 7.04. The number of nitrogens with one attached hydrogen (secondary N) is 1. The molecule has 11 heavy (non-hydrogen) atoms. The third-order valence-corrected chi connectivity index (χ3v) is 1.81. The first-order valence-corrected chi connectivity index (χ1v) is 5.68. The van der Waals surface area contributed by atoms with Crippen LogP contribution in [0.1, 0.15) is 12.8 Å². The van der Waals surface area contributed by atoms with Crippen molar-refractivity contribution in [1.29, 1.82) is 0 Å². The lowest BCUT2D eigenvalue weighted by Gasteiger charge is -2.05. The van der Waals surface area contributed by atoms with E-state index in [-0.39, 0.29) is 0 Å². The van der Waals surface area contributed by atoms with Crippen LogP contribution in [0.3, 0.4) is 0 Å². The van der Waals surface area contributed by atoms with Crippen LogP contribution in [-0.2, 0) is 9.09 Å². The summed E-state index contributed by atoms with van der Waals surface area (Å²) in [7, 11) is -1.36. The predicted molar refractivity (Wildman–Crippen MR) is 44.9 cm³/mol. The maximum absolute atomic E-state index is 10.6. The van der Waals surface area contributed by atoms with Crippen LogP contribution in [0.5, 0.6) is 0 Å². The molecule has 0 amide bonds. The predicted octanol–water partition coefficient (Wildman–Crippen LogP) is 0.818. The second-order valence-electron chi connectivity index (χ2n) is 2.45. The Kier molecular flexibility index (Phi) is 5.78. The first kappa shape index (κ1) is 11.1. The Labute approximate surface area is 67.5 Å². The van der Waals surface area contributed by atoms with E-state index in [2.05, 4.69) is 9.84 Å². The van der Waals surface area contributed by atoms with E-state index in [1.54, 1.807) is 0 Å². The quantitative estimate of drug-likeness (QED) is 0.470. The summed E-state index contributed by atoms with van der Waals surface area (Å²) in [4.78, 5) is 8.69. The van der Waals surface area contributed by atoms with Crippen LogP contribution in [0, 0.1) is 0 Å². The highest BCUT2D eigenvalue weighted by molar-refractivity contribution is 7.51. The first-order valence-electron chi connectivity index (χ1n) is 3.65. The van der Waals surface area contributed by atoms with Gasteiger partial charge >= 0.3 is 7.60 Å². The van der Waals surface area contributed by atoms with E-state index in [4.69, 9.17) is 4.89 Å². The second-order valence-corrected chi connectivity index (χ2v) is 4.31. The van der Waals surface area contributed by atoms with Crippen LogP contribution in [0.2, 0.25) is 0 Å². The molecule has 0 aromatic rings. The van der Waals surface area contributed by atoms with Gasteiger partial charge in [0.15, 0.2) is 0 Å². The van der Waals surface area contributed by atoms with Gasteiger partial charge in [-0.15, -0.1) is 0 Å². The first-order chi connectivity index (χ1) is 5.06. The summed E-state index contributed by atoms with van der Waals surface area (Å²) in [6.07, 6.45) is 1.79. The van der Waals surface area contributed by atoms with Crippen molar-refractivity contribution in [2.45, 2.75) is 12.8 Å². The van der Waals surface area contributed by atoms with Gasteiger partial charge in [-0.2, -0.15) is 0 Å². The molecule has 0 aromatic carbocycles. The molecular formula is C6H16NO3P. The Morgan fingerprint density at radius 2 is 2.18 bits per heavy atom. The summed E-state index contributed by atoms with van der Waals surface area (Å²) in [5, 5.41) is 2.98. The summed E-state index contributed by atoms with van der Waals surface area (Å²) >= 11 is 0. The topological polar surface area (TPSA) is 58.6 Å². The Morgan fingerprint density at radius 1 is 1.55 bits per heavy atom. The van der Waals surface area contributed by atoms with E-state index in [0.29, 0.717) is 6.61 Å². The molecule has 0 saturated heterocycles. The molecule has 0 aliphatic carbocycles. The van der Waals surface area contributed by atoms with Crippen LogP contribution in [-0.4, -0.2) is 31.8 Å². The summed E-state index contributed by atoms with van der Waals surface area (Å²) < 4.78 is 15.2. The lowest BCUT2D eigenvalue weighted by molar-refractivity contribution is 0.258. The fraction of sp³-hybridized carbons (Fsp3) is 1.00. The van der Waals surface area contributed by atoms with Crippen molar-refractivity contribution in [2.24, 2.45) is 0 Å². The van der Waals surface area contributed by atoms with Gasteiger partial charge in [0, 0.05) is 6.66 Å². The molecule has 5 heteroatoms. The van der Waals surface area contributed by atoms with E-state index >= 15 is 0 Å². The third-order valence-electron chi connectivity index (χ3n) is 1.15. The lowest BCUT2D eigenvalue weighted by atomic mass is 10.3. The van der Waals surface area contributed by atoms with Gasteiger partial charge in [0.1, 0.15) is 0 Å². The zero-order chi connectivity index (χ0) is 8.74. The van der Waals surface area contributed by atoms with E-state index in [1.165, 1.54) is 6.66 Å². The average Bonchev–Trinajstić information content (AvgIpc) is 1.85. The smallest absolute Gasteiger partial charge is 0.324 e. The highest BCUT2D eigenvalue weighted by Crippen LogP contribution is 2.36. The molecule has 1 atom stereocenters. The van der Waals surface area contributed by atoms with Gasteiger partial charge in [0.25, 0.3) is 0 Å². The van der Waals surface area contributed by atoms with Crippen molar-refractivity contribution in [3.05, 3.63) is 0 Å². The maximum Gasteiger partial charge on any atom is 0.325 e. The molecule has 0 rings (SSSR count). The summed E-state index contributed by atoms with van der Waals surface area (Å²) in [5.74, 6) is 0. The van der Waals surface area contributed by atoms with Crippen LogP contribution >= 0.6 is 7.60 Å². The van der Waals surface area contributed by atoms with Gasteiger partial charge in [-0.3, -0.25) is 4.57 Å². The van der Waals surface area contributed by atoms with Crippen LogP contribution in [0.15, 0.2) is 0 Å². The van der Waals surface area contributed by atoms with Gasteiger partial charge in [0.2, 0.25) is 0 Å². The Bertz CT molecular complexity index is 134. The standard InChI is InChI=1S/C6H16NO3P/c1-7-5-3-4-6-10-11(2,8)9/h7H,3-6H2,1-2H3,(H,8,9). The molecule has 68 valence electrons. The number of hydrogen-bond acceptors (Lipinski definition) is 3. The molecule has 0 aliphatic rings. The van der Waals surface area contributed by atoms with Gasteiger partial charge in [0.05, 0.1) is 6.61 Å². The third kappa shape index (κ3) is 10.1. The molecule has 0 fully saturated rings. The van der Waals surface area contributed by atoms with Crippen molar-refractivity contribution < 1.29 is 14.0 Å². The maximum atomic E-state index is 10.6. The molecule has 0 spiro atoms. The molecule has 0 aliphatic heterocycles. The molecular weight excluding hydrogens is 165 g/mol. The Hall–Kier alpha value is 0.110. The largest absolute Gasteiger partial charge is 0.325 e. The number of unbranched alkanes of at least 4 members (excludes halogenated alkanes) is 1. The molecule has 0 aromatic heterocycles. The minimum atomic E-state index is -3.23. The van der Waals surface area contributed by atoms with Crippen LogP contribution in [0.25, 0.3) is 0 Å². The lowest BCUT2D eigenvalue weighted by Crippen LogP contribution is -2.08. The summed E-state index contributed by atoms with van der Waals surface area (Å²) in [6, 6.07) is 0. The van der Waals surface area contributed by atoms with Gasteiger partial charge in [-0.05, 0) is 26.4 Å². The zero-order valence-corrected chi connectivity index (χ0v) is 7.93. The Morgan fingerprint density at radius 3 is 2.64 bits per heavy atom. The normalized spacial score (nSPS) is 16.3. The Balaban J connectivity index is 3.09. The van der Waals surface area contributed by atoms with Crippen molar-refractivity contribution in [2.75, 3.05) is 26.9 Å². The number of hydrogen-bond donors (Lipinski definition) is 2. The monoisotopic (exact) mass is 181 g/mol. The van der Waals surface area contributed by atoms with E-state index in [0.717, 1.165) is 19.4 Å². The minimum absolute atomic E-state index is 0.367. The molecule has 0 bridgehead atoms. The van der Waals surface area contributed by atoms with E-state index < -0.39 is 7.60 Å².